The van der Waals surface area contributed by atoms with E-state index < -0.39 is 17.9 Å². The SMILES string of the molecule is CCP(=S)(CC)Nc1cccc(C(F)(F)F)c1. The number of rotatable bonds is 4. The van der Waals surface area contributed by atoms with Crippen LogP contribution in [0.15, 0.2) is 24.3 Å². The van der Waals surface area contributed by atoms with Gasteiger partial charge in [-0.1, -0.05) is 31.7 Å². The highest BCUT2D eigenvalue weighted by Gasteiger charge is 2.30. The Morgan fingerprint density at radius 1 is 1.24 bits per heavy atom. The molecule has 1 rings (SSSR count). The van der Waals surface area contributed by atoms with Gasteiger partial charge in [0.05, 0.1) is 5.56 Å². The molecule has 1 nitrogen and oxygen atoms in total. The molecular weight excluding hydrogens is 266 g/mol. The molecule has 1 aromatic rings. The van der Waals surface area contributed by atoms with Gasteiger partial charge >= 0.3 is 6.18 Å². The third-order valence-electron chi connectivity index (χ3n) is 2.54. The smallest absolute Gasteiger partial charge is 0.357 e. The second-order valence-corrected chi connectivity index (χ2v) is 9.08. The molecule has 0 aromatic heterocycles. The molecular formula is C11H15F3NPS. The predicted molar refractivity (Wildman–Crippen MR) is 70.4 cm³/mol. The number of halogens is 3. The first-order chi connectivity index (χ1) is 7.80. The van der Waals surface area contributed by atoms with Gasteiger partial charge in [0.1, 0.15) is 0 Å². The van der Waals surface area contributed by atoms with Crippen molar-refractivity contribution in [1.82, 2.24) is 0 Å². The Kier molecular flexibility index (Phi) is 4.62. The van der Waals surface area contributed by atoms with Crippen LogP contribution in [0.5, 0.6) is 0 Å². The van der Waals surface area contributed by atoms with Crippen molar-refractivity contribution in [3.05, 3.63) is 29.8 Å². The summed E-state index contributed by atoms with van der Waals surface area (Å²) < 4.78 is 37.6. The van der Waals surface area contributed by atoms with Gasteiger partial charge < -0.3 is 5.09 Å². The second kappa shape index (κ2) is 5.40. The third kappa shape index (κ3) is 4.00. The van der Waals surface area contributed by atoms with Crippen molar-refractivity contribution in [1.29, 1.82) is 0 Å². The summed E-state index contributed by atoms with van der Waals surface area (Å²) in [6, 6.07) is 5.21. The maximum atomic E-state index is 12.5. The van der Waals surface area contributed by atoms with Gasteiger partial charge in [-0.2, -0.15) is 13.2 Å². The number of nitrogens with one attached hydrogen (secondary N) is 1. The summed E-state index contributed by atoms with van der Waals surface area (Å²) in [6.45, 7) is 3.93. The summed E-state index contributed by atoms with van der Waals surface area (Å²) in [4.78, 5) is 0. The van der Waals surface area contributed by atoms with Gasteiger partial charge in [-0.05, 0) is 30.5 Å². The van der Waals surface area contributed by atoms with Crippen LogP contribution in [-0.4, -0.2) is 12.3 Å². The number of hydrogen-bond acceptors (Lipinski definition) is 1. The van der Waals surface area contributed by atoms with Crippen molar-refractivity contribution in [2.75, 3.05) is 17.4 Å². The molecule has 0 radical (unpaired) electrons. The number of benzene rings is 1. The van der Waals surface area contributed by atoms with Crippen LogP contribution in [0, 0.1) is 0 Å². The first-order valence-corrected chi connectivity index (χ1v) is 8.51. The van der Waals surface area contributed by atoms with Crippen molar-refractivity contribution in [3.63, 3.8) is 0 Å². The summed E-state index contributed by atoms with van der Waals surface area (Å²) in [5.41, 5.74) is -0.178. The molecule has 0 aliphatic rings. The third-order valence-corrected chi connectivity index (χ3v) is 7.08. The second-order valence-electron chi connectivity index (χ2n) is 3.71. The molecule has 0 atom stereocenters. The standard InChI is InChI=1S/C11H15F3NPS/c1-3-16(17,4-2)15-10-7-5-6-9(8-10)11(12,13)14/h5-8H,3-4H2,1-2H3,(H,15,17). The van der Waals surface area contributed by atoms with Gasteiger partial charge in [-0.3, -0.25) is 0 Å². The zero-order valence-electron chi connectivity index (χ0n) is 9.71. The molecule has 0 saturated heterocycles. The van der Waals surface area contributed by atoms with Crippen molar-refractivity contribution in [2.45, 2.75) is 20.0 Å². The van der Waals surface area contributed by atoms with Gasteiger partial charge in [0, 0.05) is 11.9 Å². The minimum Gasteiger partial charge on any atom is -0.357 e. The Morgan fingerprint density at radius 2 is 1.82 bits per heavy atom. The Labute approximate surface area is 104 Å². The highest BCUT2D eigenvalue weighted by Crippen LogP contribution is 2.45. The fraction of sp³-hybridized carbons (Fsp3) is 0.455. The molecule has 0 fully saturated rings. The van der Waals surface area contributed by atoms with E-state index in [1.54, 1.807) is 6.07 Å². The zero-order chi connectivity index (χ0) is 13.1. The lowest BCUT2D eigenvalue weighted by molar-refractivity contribution is -0.137. The van der Waals surface area contributed by atoms with Crippen LogP contribution in [0.2, 0.25) is 0 Å². The van der Waals surface area contributed by atoms with Crippen LogP contribution in [0.25, 0.3) is 0 Å². The van der Waals surface area contributed by atoms with E-state index in [0.717, 1.165) is 24.5 Å². The average Bonchev–Trinajstić information content (AvgIpc) is 2.28. The van der Waals surface area contributed by atoms with Crippen molar-refractivity contribution < 1.29 is 13.2 Å². The van der Waals surface area contributed by atoms with Gasteiger partial charge in [-0.15, -0.1) is 0 Å². The summed E-state index contributed by atoms with van der Waals surface area (Å²) in [5, 5.41) is 3.09. The molecule has 0 bridgehead atoms. The van der Waals surface area contributed by atoms with Gasteiger partial charge in [0.25, 0.3) is 0 Å². The van der Waals surface area contributed by atoms with E-state index >= 15 is 0 Å². The zero-order valence-corrected chi connectivity index (χ0v) is 11.4. The lowest BCUT2D eigenvalue weighted by atomic mass is 10.2. The van der Waals surface area contributed by atoms with E-state index in [4.69, 9.17) is 11.8 Å². The Balaban J connectivity index is 2.98. The van der Waals surface area contributed by atoms with E-state index in [2.05, 4.69) is 5.09 Å². The lowest BCUT2D eigenvalue weighted by Gasteiger charge is -2.22. The molecule has 0 aliphatic heterocycles. The van der Waals surface area contributed by atoms with Crippen LogP contribution in [0.4, 0.5) is 18.9 Å². The monoisotopic (exact) mass is 281 g/mol. The molecule has 1 aromatic carbocycles. The molecule has 0 amide bonds. The Bertz CT molecular complexity index is 423. The lowest BCUT2D eigenvalue weighted by Crippen LogP contribution is -2.06. The first-order valence-electron chi connectivity index (χ1n) is 5.34. The van der Waals surface area contributed by atoms with Gasteiger partial charge in [-0.25, -0.2) is 0 Å². The molecule has 0 heterocycles. The molecule has 96 valence electrons. The fourth-order valence-electron chi connectivity index (χ4n) is 1.38. The van der Waals surface area contributed by atoms with Crippen molar-refractivity contribution in [3.8, 4) is 0 Å². The normalized spacial score (nSPS) is 12.5. The predicted octanol–water partition coefficient (Wildman–Crippen LogP) is 4.55. The first kappa shape index (κ1) is 14.5. The summed E-state index contributed by atoms with van der Waals surface area (Å²) in [7, 11) is 0. The minimum absolute atomic E-state index is 0.465. The molecule has 0 saturated carbocycles. The molecule has 0 spiro atoms. The Hall–Kier alpha value is -0.540. The van der Waals surface area contributed by atoms with E-state index in [9.17, 15) is 13.2 Å². The number of alkyl halides is 3. The maximum absolute atomic E-state index is 12.5. The summed E-state index contributed by atoms with van der Waals surface area (Å²) in [6.07, 6.45) is -4.49. The van der Waals surface area contributed by atoms with Crippen molar-refractivity contribution >= 4 is 23.7 Å². The van der Waals surface area contributed by atoms with Gasteiger partial charge in [0.15, 0.2) is 0 Å². The molecule has 1 N–H and O–H groups in total. The minimum atomic E-state index is -4.31. The highest BCUT2D eigenvalue weighted by atomic mass is 32.4. The topological polar surface area (TPSA) is 12.0 Å². The van der Waals surface area contributed by atoms with E-state index in [1.807, 2.05) is 13.8 Å². The van der Waals surface area contributed by atoms with Crippen LogP contribution in [0.3, 0.4) is 0 Å². The highest BCUT2D eigenvalue weighted by molar-refractivity contribution is 8.15. The average molecular weight is 281 g/mol. The number of hydrogen-bond donors (Lipinski definition) is 1. The summed E-state index contributed by atoms with van der Waals surface area (Å²) in [5.74, 6) is 0. The van der Waals surface area contributed by atoms with Crippen LogP contribution in [-0.2, 0) is 18.0 Å². The number of anilines is 1. The molecule has 17 heavy (non-hydrogen) atoms. The van der Waals surface area contributed by atoms with Crippen molar-refractivity contribution in [2.24, 2.45) is 0 Å². The maximum Gasteiger partial charge on any atom is 0.416 e. The van der Waals surface area contributed by atoms with Crippen LogP contribution < -0.4 is 5.09 Å². The van der Waals surface area contributed by atoms with Crippen LogP contribution in [0.1, 0.15) is 19.4 Å². The summed E-state index contributed by atoms with van der Waals surface area (Å²) >= 11 is 5.44. The largest absolute Gasteiger partial charge is 0.416 e. The van der Waals surface area contributed by atoms with E-state index in [-0.39, 0.29) is 0 Å². The Morgan fingerprint density at radius 3 is 2.29 bits per heavy atom. The van der Waals surface area contributed by atoms with Gasteiger partial charge in [0.2, 0.25) is 0 Å². The van der Waals surface area contributed by atoms with E-state index in [1.165, 1.54) is 6.07 Å². The molecule has 0 aliphatic carbocycles. The van der Waals surface area contributed by atoms with E-state index in [0.29, 0.717) is 5.69 Å². The quantitative estimate of drug-likeness (QED) is 0.812. The van der Waals surface area contributed by atoms with Crippen LogP contribution >= 0.6 is 6.19 Å². The molecule has 6 heteroatoms. The fourth-order valence-corrected chi connectivity index (χ4v) is 3.07. The molecule has 0 unspecified atom stereocenters.